The van der Waals surface area contributed by atoms with E-state index in [4.69, 9.17) is 5.73 Å². The second-order valence-electron chi connectivity index (χ2n) is 4.29. The fourth-order valence-electron chi connectivity index (χ4n) is 1.82. The number of hydrogen-bond donors (Lipinski definition) is 2. The van der Waals surface area contributed by atoms with Crippen molar-refractivity contribution in [1.82, 2.24) is 14.8 Å². The molecule has 2 heterocycles. The molecule has 0 atom stereocenters. The van der Waals surface area contributed by atoms with Gasteiger partial charge in [-0.15, -0.1) is 11.3 Å². The number of hydrogen-bond acceptors (Lipinski definition) is 5. The summed E-state index contributed by atoms with van der Waals surface area (Å²) in [7, 11) is 0. The van der Waals surface area contributed by atoms with Gasteiger partial charge in [0.15, 0.2) is 0 Å². The first-order chi connectivity index (χ1) is 8.63. The zero-order valence-corrected chi connectivity index (χ0v) is 11.8. The van der Waals surface area contributed by atoms with E-state index in [1.807, 2.05) is 24.0 Å². The van der Waals surface area contributed by atoms with E-state index in [1.165, 1.54) is 4.88 Å². The van der Waals surface area contributed by atoms with Crippen molar-refractivity contribution in [2.45, 2.75) is 40.3 Å². The number of nitrogens with zero attached hydrogens (tertiary/aromatic N) is 3. The molecule has 2 aromatic heterocycles. The molecule has 0 radical (unpaired) electrons. The number of anilines is 2. The minimum Gasteiger partial charge on any atom is -0.394 e. The monoisotopic (exact) mass is 265 g/mol. The fourth-order valence-corrected chi connectivity index (χ4v) is 2.53. The van der Waals surface area contributed by atoms with Crippen LogP contribution in [0.25, 0.3) is 0 Å². The zero-order valence-electron chi connectivity index (χ0n) is 11.0. The first-order valence-corrected chi connectivity index (χ1v) is 6.97. The third kappa shape index (κ3) is 2.48. The number of thiazole rings is 1. The summed E-state index contributed by atoms with van der Waals surface area (Å²) in [6.07, 6.45) is 1.04. The Bertz CT molecular complexity index is 529. The topological polar surface area (TPSA) is 68.8 Å². The summed E-state index contributed by atoms with van der Waals surface area (Å²) in [4.78, 5) is 5.47. The van der Waals surface area contributed by atoms with Gasteiger partial charge >= 0.3 is 0 Å². The Morgan fingerprint density at radius 1 is 1.39 bits per heavy atom. The van der Waals surface area contributed by atoms with Gasteiger partial charge in [0.1, 0.15) is 5.82 Å². The summed E-state index contributed by atoms with van der Waals surface area (Å²) in [5, 5.41) is 7.82. The van der Waals surface area contributed by atoms with Crippen molar-refractivity contribution in [2.75, 3.05) is 11.1 Å². The molecule has 0 saturated heterocycles. The van der Waals surface area contributed by atoms with Crippen LogP contribution in [0, 0.1) is 13.8 Å². The Labute approximate surface area is 111 Å². The lowest BCUT2D eigenvalue weighted by atomic mass is 10.3. The highest BCUT2D eigenvalue weighted by atomic mass is 32.1. The van der Waals surface area contributed by atoms with Crippen LogP contribution in [0.5, 0.6) is 0 Å². The molecule has 2 aromatic rings. The van der Waals surface area contributed by atoms with Crippen LogP contribution < -0.4 is 11.1 Å². The molecule has 0 aliphatic heterocycles. The third-order valence-corrected chi connectivity index (χ3v) is 3.81. The van der Waals surface area contributed by atoms with Crippen LogP contribution in [0.3, 0.4) is 0 Å². The van der Waals surface area contributed by atoms with Crippen LogP contribution in [0.2, 0.25) is 0 Å². The van der Waals surface area contributed by atoms with Gasteiger partial charge < -0.3 is 11.1 Å². The first-order valence-electron chi connectivity index (χ1n) is 6.09. The molecule has 0 fully saturated rings. The molecule has 0 aliphatic rings. The van der Waals surface area contributed by atoms with Crippen molar-refractivity contribution >= 4 is 22.8 Å². The average molecular weight is 265 g/mol. The Morgan fingerprint density at radius 3 is 2.78 bits per heavy atom. The van der Waals surface area contributed by atoms with Gasteiger partial charge in [0.25, 0.3) is 0 Å². The number of aromatic nitrogens is 3. The molecule has 0 amide bonds. The van der Waals surface area contributed by atoms with Gasteiger partial charge in [0.2, 0.25) is 0 Å². The molecule has 6 heteroatoms. The van der Waals surface area contributed by atoms with Crippen LogP contribution in [-0.2, 0) is 13.1 Å². The second kappa shape index (κ2) is 5.39. The summed E-state index contributed by atoms with van der Waals surface area (Å²) >= 11 is 1.66. The number of nitrogens with one attached hydrogen (secondary N) is 1. The van der Waals surface area contributed by atoms with E-state index in [9.17, 15) is 0 Å². The van der Waals surface area contributed by atoms with Crippen LogP contribution in [-0.4, -0.2) is 14.8 Å². The normalized spacial score (nSPS) is 10.8. The molecule has 3 N–H and O–H groups in total. The SMILES string of the molecule is CCCn1nc(C)c(N)c1NCc1scnc1C. The second-order valence-corrected chi connectivity index (χ2v) is 5.22. The molecule has 0 spiro atoms. The number of nitrogen functional groups attached to an aromatic ring is 1. The van der Waals surface area contributed by atoms with E-state index < -0.39 is 0 Å². The number of aryl methyl sites for hydroxylation is 3. The summed E-state index contributed by atoms with van der Waals surface area (Å²) in [5.41, 5.74) is 10.6. The average Bonchev–Trinajstić information content (AvgIpc) is 2.85. The molecular weight excluding hydrogens is 246 g/mol. The highest BCUT2D eigenvalue weighted by molar-refractivity contribution is 7.09. The largest absolute Gasteiger partial charge is 0.394 e. The Hall–Kier alpha value is -1.56. The van der Waals surface area contributed by atoms with Gasteiger partial charge in [-0.3, -0.25) is 0 Å². The Balaban J connectivity index is 2.15. The molecule has 2 rings (SSSR count). The predicted molar refractivity (Wildman–Crippen MR) is 75.8 cm³/mol. The van der Waals surface area contributed by atoms with Gasteiger partial charge in [-0.25, -0.2) is 9.67 Å². The highest BCUT2D eigenvalue weighted by Gasteiger charge is 2.12. The first kappa shape index (κ1) is 12.9. The van der Waals surface area contributed by atoms with Crippen molar-refractivity contribution in [3.63, 3.8) is 0 Å². The molecule has 0 unspecified atom stereocenters. The number of nitrogens with two attached hydrogens (primary N) is 1. The fraction of sp³-hybridized carbons (Fsp3) is 0.500. The lowest BCUT2D eigenvalue weighted by Crippen LogP contribution is -2.09. The molecule has 0 aliphatic carbocycles. The van der Waals surface area contributed by atoms with Gasteiger partial charge in [-0.2, -0.15) is 5.10 Å². The molecule has 5 nitrogen and oxygen atoms in total. The molecule has 0 saturated carbocycles. The summed E-state index contributed by atoms with van der Waals surface area (Å²) in [6.45, 7) is 7.71. The van der Waals surface area contributed by atoms with Crippen molar-refractivity contribution < 1.29 is 0 Å². The van der Waals surface area contributed by atoms with E-state index in [1.54, 1.807) is 11.3 Å². The van der Waals surface area contributed by atoms with Gasteiger partial charge in [0.05, 0.1) is 29.1 Å². The van der Waals surface area contributed by atoms with Gasteiger partial charge in [0, 0.05) is 11.4 Å². The molecule has 98 valence electrons. The Kier molecular flexibility index (Phi) is 3.86. The predicted octanol–water partition coefficient (Wildman–Crippen LogP) is 2.56. The van der Waals surface area contributed by atoms with Gasteiger partial charge in [-0.1, -0.05) is 6.92 Å². The van der Waals surface area contributed by atoms with Crippen molar-refractivity contribution in [1.29, 1.82) is 0 Å². The molecular formula is C12H19N5S. The standard InChI is InChI=1S/C12H19N5S/c1-4-5-17-12(11(13)9(3)16-17)14-6-10-8(2)15-7-18-10/h7,14H,4-6,13H2,1-3H3. The summed E-state index contributed by atoms with van der Waals surface area (Å²) < 4.78 is 1.95. The van der Waals surface area contributed by atoms with E-state index >= 15 is 0 Å². The van der Waals surface area contributed by atoms with Crippen LogP contribution in [0.4, 0.5) is 11.5 Å². The molecule has 0 bridgehead atoms. The summed E-state index contributed by atoms with van der Waals surface area (Å²) in [5.74, 6) is 0.919. The van der Waals surface area contributed by atoms with Crippen LogP contribution in [0.1, 0.15) is 29.6 Å². The molecule has 0 aromatic carbocycles. The lowest BCUT2D eigenvalue weighted by Gasteiger charge is -2.09. The third-order valence-electron chi connectivity index (χ3n) is 2.87. The zero-order chi connectivity index (χ0) is 13.1. The van der Waals surface area contributed by atoms with Crippen LogP contribution in [0.15, 0.2) is 5.51 Å². The van der Waals surface area contributed by atoms with Crippen LogP contribution >= 0.6 is 11.3 Å². The van der Waals surface area contributed by atoms with E-state index in [2.05, 4.69) is 22.3 Å². The summed E-state index contributed by atoms with van der Waals surface area (Å²) in [6, 6.07) is 0. The minimum absolute atomic E-state index is 0.741. The maximum Gasteiger partial charge on any atom is 0.148 e. The van der Waals surface area contributed by atoms with Crippen molar-refractivity contribution in [2.24, 2.45) is 0 Å². The smallest absolute Gasteiger partial charge is 0.148 e. The highest BCUT2D eigenvalue weighted by Crippen LogP contribution is 2.24. The minimum atomic E-state index is 0.741. The molecule has 18 heavy (non-hydrogen) atoms. The number of rotatable bonds is 5. The van der Waals surface area contributed by atoms with Crippen molar-refractivity contribution in [3.05, 3.63) is 21.8 Å². The van der Waals surface area contributed by atoms with E-state index in [-0.39, 0.29) is 0 Å². The van der Waals surface area contributed by atoms with Crippen molar-refractivity contribution in [3.8, 4) is 0 Å². The lowest BCUT2D eigenvalue weighted by molar-refractivity contribution is 0.603. The maximum atomic E-state index is 6.05. The quantitative estimate of drug-likeness (QED) is 0.871. The van der Waals surface area contributed by atoms with E-state index in [0.29, 0.717) is 0 Å². The van der Waals surface area contributed by atoms with E-state index in [0.717, 1.165) is 42.4 Å². The van der Waals surface area contributed by atoms with Gasteiger partial charge in [-0.05, 0) is 20.3 Å². The Morgan fingerprint density at radius 2 is 2.17 bits per heavy atom. The maximum absolute atomic E-state index is 6.05.